The predicted molar refractivity (Wildman–Crippen MR) is 79.5 cm³/mol. The average Bonchev–Trinajstić information content (AvgIpc) is 2.67. The first-order valence-electron chi connectivity index (χ1n) is 6.22. The lowest BCUT2D eigenvalue weighted by Gasteiger charge is -2.18. The lowest BCUT2D eigenvalue weighted by molar-refractivity contribution is 0.746. The molecule has 0 saturated carbocycles. The molecule has 1 fully saturated rings. The van der Waals surface area contributed by atoms with Crippen molar-refractivity contribution in [3.63, 3.8) is 0 Å². The van der Waals surface area contributed by atoms with Gasteiger partial charge in [0.1, 0.15) is 0 Å². The minimum Gasteiger partial charge on any atom is -0.381 e. The first-order valence-corrected chi connectivity index (χ1v) is 7.27. The van der Waals surface area contributed by atoms with Gasteiger partial charge in [-0.05, 0) is 37.1 Å². The molecular formula is C14H22N2S. The summed E-state index contributed by atoms with van der Waals surface area (Å²) in [4.78, 5) is 2.14. The van der Waals surface area contributed by atoms with Crippen LogP contribution in [0.25, 0.3) is 0 Å². The molecule has 1 aliphatic rings. The van der Waals surface area contributed by atoms with E-state index in [2.05, 4.69) is 68.1 Å². The first kappa shape index (κ1) is 12.6. The van der Waals surface area contributed by atoms with Crippen LogP contribution in [0.3, 0.4) is 0 Å². The van der Waals surface area contributed by atoms with E-state index in [0.29, 0.717) is 6.04 Å². The van der Waals surface area contributed by atoms with Crippen LogP contribution in [0.5, 0.6) is 0 Å². The molecule has 1 heterocycles. The van der Waals surface area contributed by atoms with Crippen molar-refractivity contribution in [2.24, 2.45) is 0 Å². The van der Waals surface area contributed by atoms with Gasteiger partial charge < -0.3 is 10.2 Å². The SMILES string of the molecule is Cc1cc(N(C)C)ccc1NC1CSC(C)C1. The largest absolute Gasteiger partial charge is 0.381 e. The van der Waals surface area contributed by atoms with Gasteiger partial charge in [-0.25, -0.2) is 0 Å². The summed E-state index contributed by atoms with van der Waals surface area (Å²) in [6.07, 6.45) is 1.28. The van der Waals surface area contributed by atoms with E-state index in [4.69, 9.17) is 0 Å². The Morgan fingerprint density at radius 2 is 2.12 bits per heavy atom. The summed E-state index contributed by atoms with van der Waals surface area (Å²) in [6, 6.07) is 7.27. The molecule has 1 aliphatic heterocycles. The highest BCUT2D eigenvalue weighted by atomic mass is 32.2. The Balaban J connectivity index is 2.06. The van der Waals surface area contributed by atoms with Crippen molar-refractivity contribution in [1.82, 2.24) is 0 Å². The third-order valence-corrected chi connectivity index (χ3v) is 4.64. The topological polar surface area (TPSA) is 15.3 Å². The van der Waals surface area contributed by atoms with Crippen molar-refractivity contribution in [3.05, 3.63) is 23.8 Å². The predicted octanol–water partition coefficient (Wildman–Crippen LogP) is 3.37. The van der Waals surface area contributed by atoms with Crippen LogP contribution in [0, 0.1) is 6.92 Å². The molecule has 0 spiro atoms. The van der Waals surface area contributed by atoms with Gasteiger partial charge in [0.25, 0.3) is 0 Å². The van der Waals surface area contributed by atoms with E-state index >= 15 is 0 Å². The first-order chi connectivity index (χ1) is 8.06. The molecule has 1 aromatic carbocycles. The van der Waals surface area contributed by atoms with Gasteiger partial charge in [-0.2, -0.15) is 11.8 Å². The maximum Gasteiger partial charge on any atom is 0.0373 e. The number of rotatable bonds is 3. The van der Waals surface area contributed by atoms with Crippen LogP contribution >= 0.6 is 11.8 Å². The number of hydrogen-bond acceptors (Lipinski definition) is 3. The zero-order valence-electron chi connectivity index (χ0n) is 11.2. The van der Waals surface area contributed by atoms with Crippen LogP contribution in [0.2, 0.25) is 0 Å². The molecule has 1 saturated heterocycles. The van der Waals surface area contributed by atoms with Crippen molar-refractivity contribution < 1.29 is 0 Å². The summed E-state index contributed by atoms with van der Waals surface area (Å²) in [7, 11) is 4.16. The number of nitrogens with zero attached hydrogens (tertiary/aromatic N) is 1. The van der Waals surface area contributed by atoms with Crippen LogP contribution in [0.4, 0.5) is 11.4 Å². The summed E-state index contributed by atoms with van der Waals surface area (Å²) in [5.41, 5.74) is 3.89. The molecule has 94 valence electrons. The second kappa shape index (κ2) is 5.21. The van der Waals surface area contributed by atoms with Gasteiger partial charge in [-0.3, -0.25) is 0 Å². The molecule has 2 rings (SSSR count). The number of thioether (sulfide) groups is 1. The molecule has 2 atom stereocenters. The summed E-state index contributed by atoms with van der Waals surface area (Å²) in [5.74, 6) is 1.23. The van der Waals surface area contributed by atoms with E-state index < -0.39 is 0 Å². The molecule has 0 aliphatic carbocycles. The number of aryl methyl sites for hydroxylation is 1. The highest BCUT2D eigenvalue weighted by Crippen LogP contribution is 2.30. The minimum atomic E-state index is 0.638. The van der Waals surface area contributed by atoms with Crippen molar-refractivity contribution in [3.8, 4) is 0 Å². The molecule has 0 bridgehead atoms. The molecule has 0 aromatic heterocycles. The Morgan fingerprint density at radius 3 is 2.65 bits per heavy atom. The van der Waals surface area contributed by atoms with Crippen LogP contribution in [0.1, 0.15) is 18.9 Å². The third-order valence-electron chi connectivity index (χ3n) is 3.28. The number of nitrogens with one attached hydrogen (secondary N) is 1. The summed E-state index contributed by atoms with van der Waals surface area (Å²) in [6.45, 7) is 4.50. The summed E-state index contributed by atoms with van der Waals surface area (Å²) >= 11 is 2.07. The zero-order valence-corrected chi connectivity index (χ0v) is 12.0. The standard InChI is InChI=1S/C14H22N2S/c1-10-7-13(16(3)4)5-6-14(10)15-12-8-11(2)17-9-12/h5-7,11-12,15H,8-9H2,1-4H3. The maximum atomic E-state index is 3.67. The van der Waals surface area contributed by atoms with Gasteiger partial charge in [0.2, 0.25) is 0 Å². The maximum absolute atomic E-state index is 3.67. The van der Waals surface area contributed by atoms with Gasteiger partial charge in [0.15, 0.2) is 0 Å². The smallest absolute Gasteiger partial charge is 0.0373 e. The molecule has 2 nitrogen and oxygen atoms in total. The van der Waals surface area contributed by atoms with E-state index in [0.717, 1.165) is 5.25 Å². The molecular weight excluding hydrogens is 228 g/mol. The molecule has 1 aromatic rings. The van der Waals surface area contributed by atoms with Crippen LogP contribution in [-0.2, 0) is 0 Å². The van der Waals surface area contributed by atoms with Crippen LogP contribution < -0.4 is 10.2 Å². The summed E-state index contributed by atoms with van der Waals surface area (Å²) in [5, 5.41) is 4.47. The quantitative estimate of drug-likeness (QED) is 0.885. The van der Waals surface area contributed by atoms with E-state index in [1.54, 1.807) is 0 Å². The fourth-order valence-electron chi connectivity index (χ4n) is 2.23. The zero-order chi connectivity index (χ0) is 12.4. The van der Waals surface area contributed by atoms with Gasteiger partial charge >= 0.3 is 0 Å². The van der Waals surface area contributed by atoms with Crippen molar-refractivity contribution >= 4 is 23.1 Å². The van der Waals surface area contributed by atoms with Crippen molar-refractivity contribution in [2.45, 2.75) is 31.6 Å². The molecule has 2 unspecified atom stereocenters. The van der Waals surface area contributed by atoms with Crippen molar-refractivity contribution in [2.75, 3.05) is 30.1 Å². The average molecular weight is 250 g/mol. The Hall–Kier alpha value is -0.830. The fourth-order valence-corrected chi connectivity index (χ4v) is 3.37. The molecule has 0 radical (unpaired) electrons. The molecule has 17 heavy (non-hydrogen) atoms. The lowest BCUT2D eigenvalue weighted by atomic mass is 10.1. The van der Waals surface area contributed by atoms with Gasteiger partial charge in [-0.15, -0.1) is 0 Å². The second-order valence-electron chi connectivity index (χ2n) is 5.11. The second-order valence-corrected chi connectivity index (χ2v) is 6.59. The van der Waals surface area contributed by atoms with E-state index in [1.807, 2.05) is 0 Å². The van der Waals surface area contributed by atoms with Crippen LogP contribution in [-0.4, -0.2) is 31.1 Å². The minimum absolute atomic E-state index is 0.638. The Labute approximate surface area is 109 Å². The van der Waals surface area contributed by atoms with Gasteiger partial charge in [-0.1, -0.05) is 6.92 Å². The van der Waals surface area contributed by atoms with Crippen molar-refractivity contribution in [1.29, 1.82) is 0 Å². The highest BCUT2D eigenvalue weighted by Gasteiger charge is 2.21. The molecule has 1 N–H and O–H groups in total. The fraction of sp³-hybridized carbons (Fsp3) is 0.571. The third kappa shape index (κ3) is 3.09. The molecule has 3 heteroatoms. The van der Waals surface area contributed by atoms with E-state index in [-0.39, 0.29) is 0 Å². The number of hydrogen-bond donors (Lipinski definition) is 1. The number of anilines is 2. The Kier molecular flexibility index (Phi) is 3.87. The number of benzene rings is 1. The molecule has 0 amide bonds. The highest BCUT2D eigenvalue weighted by molar-refractivity contribution is 8.00. The summed E-state index contributed by atoms with van der Waals surface area (Å²) < 4.78 is 0. The van der Waals surface area contributed by atoms with E-state index in [9.17, 15) is 0 Å². The Bertz CT molecular complexity index is 390. The Morgan fingerprint density at radius 1 is 1.35 bits per heavy atom. The normalized spacial score (nSPS) is 23.8. The monoisotopic (exact) mass is 250 g/mol. The van der Waals surface area contributed by atoms with Gasteiger partial charge in [0, 0.05) is 42.5 Å². The van der Waals surface area contributed by atoms with E-state index in [1.165, 1.54) is 29.1 Å². The van der Waals surface area contributed by atoms with Gasteiger partial charge in [0.05, 0.1) is 0 Å². The van der Waals surface area contributed by atoms with Crippen LogP contribution in [0.15, 0.2) is 18.2 Å². The lowest BCUT2D eigenvalue weighted by Crippen LogP contribution is -2.19.